The summed E-state index contributed by atoms with van der Waals surface area (Å²) < 4.78 is 26.0. The van der Waals surface area contributed by atoms with E-state index in [1.165, 1.54) is 14.2 Å². The predicted molar refractivity (Wildman–Crippen MR) is 345 cm³/mol. The maximum Gasteiger partial charge on any atom is 0.407 e. The van der Waals surface area contributed by atoms with Crippen LogP contribution in [0.25, 0.3) is 0 Å². The Morgan fingerprint density at radius 3 is 1.11 bits per heavy atom. The SMILES string of the molecule is CC[C@H](C)[C@H](NC(=O)C[C@H](NC(=O)OCc1ccccc1)[C@@H](N)Cc1ccccc1)C(=O)N[C@H](C(=O)OC)C(C)C.CC[C@H](C)[C@H](NC(=O)C[C@H](NC(=O)OCc1ccccc1)[C@H](Cc1ccccc1)NC(=O)OC(C)(C)C)C(=O)N[C@H](C(=O)OC)C(C)C.Cl. The molecule has 0 radical (unpaired) electrons. The number of amides is 7. The first-order valence-electron chi connectivity index (χ1n) is 30.3. The van der Waals surface area contributed by atoms with Crippen molar-refractivity contribution in [1.29, 1.82) is 0 Å². The number of hydrogen-bond donors (Lipinski definition) is 8. The monoisotopic (exact) mass is 1270 g/mol. The Kier molecular flexibility index (Phi) is 35.0. The van der Waals surface area contributed by atoms with E-state index < -0.39 is 108 Å². The molecule has 0 spiro atoms. The summed E-state index contributed by atoms with van der Waals surface area (Å²) in [6.45, 7) is 19.8. The summed E-state index contributed by atoms with van der Waals surface area (Å²) >= 11 is 0. The average Bonchev–Trinajstić information content (AvgIpc) is 1.68. The maximum atomic E-state index is 13.7. The van der Waals surface area contributed by atoms with Gasteiger partial charge in [0.2, 0.25) is 23.6 Å². The second-order valence-electron chi connectivity index (χ2n) is 23.7. The number of halogens is 1. The van der Waals surface area contributed by atoms with Gasteiger partial charge in [-0.25, -0.2) is 24.0 Å². The van der Waals surface area contributed by atoms with E-state index in [1.807, 2.05) is 149 Å². The second kappa shape index (κ2) is 40.4. The van der Waals surface area contributed by atoms with Crippen molar-refractivity contribution in [1.82, 2.24) is 37.2 Å². The fourth-order valence-corrected chi connectivity index (χ4v) is 9.09. The van der Waals surface area contributed by atoms with E-state index in [4.69, 9.17) is 29.4 Å². The first-order chi connectivity index (χ1) is 42.2. The lowest BCUT2D eigenvalue weighted by Crippen LogP contribution is -2.58. The molecule has 0 saturated carbocycles. The third-order valence-corrected chi connectivity index (χ3v) is 14.6. The highest BCUT2D eigenvalue weighted by Crippen LogP contribution is 2.18. The van der Waals surface area contributed by atoms with Gasteiger partial charge in [-0.05, 0) is 79.5 Å². The smallest absolute Gasteiger partial charge is 0.407 e. The van der Waals surface area contributed by atoms with Crippen molar-refractivity contribution in [3.05, 3.63) is 144 Å². The summed E-state index contributed by atoms with van der Waals surface area (Å²) in [5, 5.41) is 19.4. The van der Waals surface area contributed by atoms with Crippen LogP contribution in [-0.2, 0) is 78.5 Å². The summed E-state index contributed by atoms with van der Waals surface area (Å²) in [6, 6.07) is 30.2. The number of nitrogens with one attached hydrogen (secondary N) is 7. The van der Waals surface area contributed by atoms with Crippen LogP contribution in [0, 0.1) is 23.7 Å². The van der Waals surface area contributed by atoms with Crippen molar-refractivity contribution in [2.75, 3.05) is 14.2 Å². The number of nitrogens with two attached hydrogens (primary N) is 1. The van der Waals surface area contributed by atoms with E-state index in [2.05, 4.69) is 37.2 Å². The molecule has 0 fully saturated rings. The number of carbonyl (C=O) groups excluding carboxylic acids is 9. The zero-order valence-corrected chi connectivity index (χ0v) is 55.1. The van der Waals surface area contributed by atoms with Gasteiger partial charge in [0.1, 0.15) is 43.0 Å². The molecule has 0 unspecified atom stereocenters. The number of carbonyl (C=O) groups is 9. The van der Waals surface area contributed by atoms with Gasteiger partial charge in [0.05, 0.1) is 32.3 Å². The fraction of sp³-hybridized carbons (Fsp3) is 0.507. The normalized spacial score (nSPS) is 14.3. The summed E-state index contributed by atoms with van der Waals surface area (Å²) in [6.07, 6.45) is -0.940. The minimum atomic E-state index is -0.995. The van der Waals surface area contributed by atoms with E-state index in [1.54, 1.807) is 48.5 Å². The van der Waals surface area contributed by atoms with Crippen molar-refractivity contribution >= 4 is 66.3 Å². The van der Waals surface area contributed by atoms with E-state index in [9.17, 15) is 43.2 Å². The number of benzene rings is 4. The fourth-order valence-electron chi connectivity index (χ4n) is 9.09. The Bertz CT molecular complexity index is 2830. The topological polar surface area (TPSA) is 310 Å². The van der Waals surface area contributed by atoms with Crippen molar-refractivity contribution in [3.8, 4) is 0 Å². The quantitative estimate of drug-likeness (QED) is 0.0174. The summed E-state index contributed by atoms with van der Waals surface area (Å²) in [5.41, 5.74) is 9.07. The molecular formula is C67H97ClN8O14. The predicted octanol–water partition coefficient (Wildman–Crippen LogP) is 8.16. The van der Waals surface area contributed by atoms with Gasteiger partial charge in [-0.15, -0.1) is 12.4 Å². The van der Waals surface area contributed by atoms with Crippen LogP contribution in [-0.4, -0.2) is 122 Å². The Morgan fingerprint density at radius 1 is 0.433 bits per heavy atom. The molecule has 0 aliphatic heterocycles. The molecule has 0 heterocycles. The van der Waals surface area contributed by atoms with Crippen LogP contribution in [0.1, 0.15) is 124 Å². The Balaban J connectivity index is 0.000000614. The molecule has 0 bridgehead atoms. The molecule has 23 heteroatoms. The third-order valence-electron chi connectivity index (χ3n) is 14.6. The molecule has 0 saturated heterocycles. The Labute approximate surface area is 537 Å². The van der Waals surface area contributed by atoms with Crippen LogP contribution in [0.4, 0.5) is 14.4 Å². The minimum absolute atomic E-state index is 0. The molecule has 7 amide bonds. The number of methoxy groups -OCH3 is 2. The number of ether oxygens (including phenoxy) is 5. The molecule has 0 aromatic heterocycles. The lowest BCUT2D eigenvalue weighted by molar-refractivity contribution is -0.147. The lowest BCUT2D eigenvalue weighted by Gasteiger charge is -2.31. The van der Waals surface area contributed by atoms with E-state index in [0.717, 1.165) is 22.3 Å². The molecule has 4 aromatic rings. The third kappa shape index (κ3) is 28.9. The summed E-state index contributed by atoms with van der Waals surface area (Å²) in [7, 11) is 2.50. The zero-order valence-electron chi connectivity index (χ0n) is 54.3. The molecule has 22 nitrogen and oxygen atoms in total. The van der Waals surface area contributed by atoms with Gasteiger partial charge >= 0.3 is 30.2 Å². The molecule has 496 valence electrons. The number of alkyl carbamates (subject to hydrolysis) is 3. The van der Waals surface area contributed by atoms with E-state index in [-0.39, 0.29) is 68.6 Å². The van der Waals surface area contributed by atoms with Gasteiger partial charge in [0, 0.05) is 18.9 Å². The Hall–Kier alpha value is -8.24. The molecular weight excluding hydrogens is 1180 g/mol. The molecule has 4 rings (SSSR count). The summed E-state index contributed by atoms with van der Waals surface area (Å²) in [5.74, 6) is -4.23. The zero-order chi connectivity index (χ0) is 66.2. The first kappa shape index (κ1) is 77.9. The van der Waals surface area contributed by atoms with Gasteiger partial charge in [-0.1, -0.05) is 190 Å². The molecule has 0 aliphatic rings. The van der Waals surface area contributed by atoms with Crippen LogP contribution in [0.15, 0.2) is 121 Å². The Morgan fingerprint density at radius 2 is 0.767 bits per heavy atom. The minimum Gasteiger partial charge on any atom is -0.467 e. The number of esters is 2. The number of hydrogen-bond acceptors (Lipinski definition) is 15. The van der Waals surface area contributed by atoms with Crippen LogP contribution >= 0.6 is 12.4 Å². The van der Waals surface area contributed by atoms with Crippen LogP contribution < -0.4 is 43.0 Å². The maximum absolute atomic E-state index is 13.7. The molecule has 9 N–H and O–H groups in total. The van der Waals surface area contributed by atoms with E-state index in [0.29, 0.717) is 19.3 Å². The second-order valence-corrected chi connectivity index (χ2v) is 23.7. The van der Waals surface area contributed by atoms with Crippen LogP contribution in [0.2, 0.25) is 0 Å². The van der Waals surface area contributed by atoms with Crippen LogP contribution in [0.5, 0.6) is 0 Å². The largest absolute Gasteiger partial charge is 0.467 e. The van der Waals surface area contributed by atoms with Gasteiger partial charge < -0.3 is 66.6 Å². The molecule has 4 aromatic carbocycles. The van der Waals surface area contributed by atoms with Crippen LogP contribution in [0.3, 0.4) is 0 Å². The molecule has 90 heavy (non-hydrogen) atoms. The molecule has 0 aliphatic carbocycles. The highest BCUT2D eigenvalue weighted by atomic mass is 35.5. The average molecular weight is 1270 g/mol. The van der Waals surface area contributed by atoms with Gasteiger partial charge in [0.25, 0.3) is 0 Å². The highest BCUT2D eigenvalue weighted by Gasteiger charge is 2.36. The van der Waals surface area contributed by atoms with Gasteiger partial charge in [-0.2, -0.15) is 0 Å². The van der Waals surface area contributed by atoms with Crippen molar-refractivity contribution in [3.63, 3.8) is 0 Å². The standard InChI is InChI=1S/C36H52N4O8.C31H44N4O6.ClH/c1-9-24(4)31(32(42)40-30(23(2)3)33(43)46-8)39-29(41)21-28(37-34(44)47-22-26-18-14-11-15-19-26)27(20-25-16-12-10-13-17-25)38-35(45)48-36(5,6)7;1-6-21(4)28(29(37)35-27(20(2)3)30(38)40-5)34-26(36)18-25(24(32)17-22-13-9-7-10-14-22)33-31(39)41-19-23-15-11-8-12-16-23;/h10-19,23-24,27-28,30-31H,9,20-22H2,1-8H3,(H,37,44)(H,38,45)(H,39,41)(H,40,42);7-16,20-21,24-25,27-28H,6,17-19,32H2,1-5H3,(H,33,39)(H,34,36)(H,35,37);1H/t24-,27-,28-,30-,31-;21-,24-,25-,27-,28-;/m00./s1. The van der Waals surface area contributed by atoms with E-state index >= 15 is 0 Å². The van der Waals surface area contributed by atoms with Gasteiger partial charge in [0.15, 0.2) is 0 Å². The highest BCUT2D eigenvalue weighted by molar-refractivity contribution is 5.92. The van der Waals surface area contributed by atoms with Crippen molar-refractivity contribution < 1.29 is 66.8 Å². The first-order valence-corrected chi connectivity index (χ1v) is 30.3. The van der Waals surface area contributed by atoms with Gasteiger partial charge in [-0.3, -0.25) is 19.2 Å². The number of rotatable bonds is 31. The van der Waals surface area contributed by atoms with Crippen molar-refractivity contribution in [2.45, 2.75) is 182 Å². The molecule has 10 atom stereocenters. The van der Waals surface area contributed by atoms with Crippen molar-refractivity contribution in [2.24, 2.45) is 29.4 Å². The lowest BCUT2D eigenvalue weighted by atomic mass is 9.94. The summed E-state index contributed by atoms with van der Waals surface area (Å²) in [4.78, 5) is 117.